The first-order valence-electron chi connectivity index (χ1n) is 11.7. The van der Waals surface area contributed by atoms with Gasteiger partial charge in [0.25, 0.3) is 0 Å². The van der Waals surface area contributed by atoms with Crippen molar-refractivity contribution in [2.75, 3.05) is 12.4 Å². The molecule has 37 heavy (non-hydrogen) atoms. The van der Waals surface area contributed by atoms with Gasteiger partial charge in [0.1, 0.15) is 24.1 Å². The Morgan fingerprint density at radius 1 is 0.757 bits per heavy atom. The van der Waals surface area contributed by atoms with E-state index in [2.05, 4.69) is 10.0 Å². The lowest BCUT2D eigenvalue weighted by atomic mass is 10.1. The van der Waals surface area contributed by atoms with E-state index in [1.165, 1.54) is 19.2 Å². The molecule has 1 amide bonds. The molecule has 4 aromatic carbocycles. The lowest BCUT2D eigenvalue weighted by Gasteiger charge is -2.19. The number of ether oxygens (including phenoxy) is 2. The fraction of sp³-hybridized carbons (Fsp3) is 0.138. The van der Waals surface area contributed by atoms with Gasteiger partial charge < -0.3 is 14.8 Å². The highest BCUT2D eigenvalue weighted by atomic mass is 32.2. The van der Waals surface area contributed by atoms with Gasteiger partial charge in [0.2, 0.25) is 15.9 Å². The van der Waals surface area contributed by atoms with E-state index >= 15 is 0 Å². The number of anilines is 1. The SMILES string of the molecule is COc1ccc(S(=O)(=O)NC(Cc2ccccc2)C(=O)Nc2ccc(OCc3ccccc3)cc2)cc1. The number of sulfonamides is 1. The molecular weight excluding hydrogens is 488 g/mol. The van der Waals surface area contributed by atoms with Crippen LogP contribution in [0.5, 0.6) is 11.5 Å². The zero-order chi connectivity index (χ0) is 26.1. The maximum Gasteiger partial charge on any atom is 0.242 e. The largest absolute Gasteiger partial charge is 0.497 e. The number of carbonyl (C=O) groups is 1. The molecule has 0 heterocycles. The first-order valence-corrected chi connectivity index (χ1v) is 13.2. The number of hydrogen-bond donors (Lipinski definition) is 2. The quantitative estimate of drug-likeness (QED) is 0.299. The summed E-state index contributed by atoms with van der Waals surface area (Å²) in [5.41, 5.74) is 2.40. The predicted octanol–water partition coefficient (Wildman–Crippen LogP) is 4.80. The van der Waals surface area contributed by atoms with Crippen LogP contribution in [0.15, 0.2) is 114 Å². The second kappa shape index (κ2) is 12.2. The summed E-state index contributed by atoms with van der Waals surface area (Å²) < 4.78 is 39.6. The first-order chi connectivity index (χ1) is 17.9. The number of benzene rings is 4. The third-order valence-corrected chi connectivity index (χ3v) is 7.12. The van der Waals surface area contributed by atoms with Gasteiger partial charge in [0, 0.05) is 5.69 Å². The molecule has 8 heteroatoms. The van der Waals surface area contributed by atoms with E-state index in [0.29, 0.717) is 23.8 Å². The summed E-state index contributed by atoms with van der Waals surface area (Å²) in [6, 6.07) is 31.0. The van der Waals surface area contributed by atoms with E-state index < -0.39 is 22.0 Å². The Morgan fingerprint density at radius 2 is 1.32 bits per heavy atom. The number of nitrogens with one attached hydrogen (secondary N) is 2. The van der Waals surface area contributed by atoms with Gasteiger partial charge in [-0.3, -0.25) is 4.79 Å². The molecule has 0 saturated carbocycles. The Labute approximate surface area is 217 Å². The lowest BCUT2D eigenvalue weighted by Crippen LogP contribution is -2.45. The van der Waals surface area contributed by atoms with E-state index in [-0.39, 0.29) is 11.3 Å². The van der Waals surface area contributed by atoms with E-state index in [9.17, 15) is 13.2 Å². The molecule has 0 aliphatic rings. The molecule has 2 N–H and O–H groups in total. The molecule has 4 aromatic rings. The second-order valence-electron chi connectivity index (χ2n) is 8.33. The van der Waals surface area contributed by atoms with Gasteiger partial charge in [-0.15, -0.1) is 0 Å². The number of methoxy groups -OCH3 is 1. The minimum atomic E-state index is -3.97. The van der Waals surface area contributed by atoms with Crippen LogP contribution in [0.2, 0.25) is 0 Å². The Balaban J connectivity index is 1.46. The smallest absolute Gasteiger partial charge is 0.242 e. The molecular formula is C29H28N2O5S. The van der Waals surface area contributed by atoms with Crippen molar-refractivity contribution in [3.8, 4) is 11.5 Å². The van der Waals surface area contributed by atoms with E-state index in [1.54, 1.807) is 36.4 Å². The average Bonchev–Trinajstić information content (AvgIpc) is 2.93. The van der Waals surface area contributed by atoms with Crippen LogP contribution >= 0.6 is 0 Å². The first kappa shape index (κ1) is 25.9. The highest BCUT2D eigenvalue weighted by Crippen LogP contribution is 2.19. The molecule has 0 aliphatic heterocycles. The topological polar surface area (TPSA) is 93.7 Å². The van der Waals surface area contributed by atoms with Crippen LogP contribution in [0.25, 0.3) is 0 Å². The molecule has 0 saturated heterocycles. The zero-order valence-corrected chi connectivity index (χ0v) is 21.1. The molecule has 1 atom stereocenters. The third-order valence-electron chi connectivity index (χ3n) is 5.64. The molecule has 1 unspecified atom stereocenters. The van der Waals surface area contributed by atoms with E-state index in [4.69, 9.17) is 9.47 Å². The van der Waals surface area contributed by atoms with E-state index in [0.717, 1.165) is 11.1 Å². The highest BCUT2D eigenvalue weighted by Gasteiger charge is 2.26. The summed E-state index contributed by atoms with van der Waals surface area (Å²) in [5.74, 6) is 0.718. The minimum Gasteiger partial charge on any atom is -0.497 e. The monoisotopic (exact) mass is 516 g/mol. The number of amides is 1. The van der Waals surface area contributed by atoms with Crippen LogP contribution < -0.4 is 19.5 Å². The number of rotatable bonds is 11. The van der Waals surface area contributed by atoms with Crippen LogP contribution in [-0.4, -0.2) is 27.5 Å². The highest BCUT2D eigenvalue weighted by molar-refractivity contribution is 7.89. The van der Waals surface area contributed by atoms with Crippen molar-refractivity contribution in [2.24, 2.45) is 0 Å². The van der Waals surface area contributed by atoms with Crippen molar-refractivity contribution in [1.82, 2.24) is 4.72 Å². The lowest BCUT2D eigenvalue weighted by molar-refractivity contribution is -0.117. The van der Waals surface area contributed by atoms with Gasteiger partial charge in [0.15, 0.2) is 0 Å². The average molecular weight is 517 g/mol. The van der Waals surface area contributed by atoms with Crippen LogP contribution in [-0.2, 0) is 27.8 Å². The summed E-state index contributed by atoms with van der Waals surface area (Å²) in [6.45, 7) is 0.429. The molecule has 0 fully saturated rings. The molecule has 0 radical (unpaired) electrons. The Kier molecular flexibility index (Phi) is 8.56. The Morgan fingerprint density at radius 3 is 1.92 bits per heavy atom. The molecule has 0 aliphatic carbocycles. The van der Waals surface area contributed by atoms with Crippen molar-refractivity contribution in [1.29, 1.82) is 0 Å². The van der Waals surface area contributed by atoms with Crippen molar-refractivity contribution in [2.45, 2.75) is 24.0 Å². The summed E-state index contributed by atoms with van der Waals surface area (Å²) in [4.78, 5) is 13.3. The third kappa shape index (κ3) is 7.42. The van der Waals surface area contributed by atoms with Gasteiger partial charge in [-0.05, 0) is 66.1 Å². The number of hydrogen-bond acceptors (Lipinski definition) is 5. The van der Waals surface area contributed by atoms with Gasteiger partial charge in [0.05, 0.1) is 12.0 Å². The normalized spacial score (nSPS) is 11.9. The van der Waals surface area contributed by atoms with Gasteiger partial charge in [-0.2, -0.15) is 4.72 Å². The summed E-state index contributed by atoms with van der Waals surface area (Å²) in [5, 5.41) is 2.81. The fourth-order valence-electron chi connectivity index (χ4n) is 3.65. The molecule has 4 rings (SSSR count). The van der Waals surface area contributed by atoms with Crippen molar-refractivity contribution in [3.63, 3.8) is 0 Å². The maximum absolute atomic E-state index is 13.2. The van der Waals surface area contributed by atoms with Crippen LogP contribution in [0, 0.1) is 0 Å². The summed E-state index contributed by atoms with van der Waals surface area (Å²) in [7, 11) is -2.46. The minimum absolute atomic E-state index is 0.0408. The standard InChI is InChI=1S/C29H28N2O5S/c1-35-25-16-18-27(19-17-25)37(33,34)31-28(20-22-8-4-2-5-9-22)29(32)30-24-12-14-26(15-13-24)36-21-23-10-6-3-7-11-23/h2-19,28,31H,20-21H2,1H3,(H,30,32). The second-order valence-corrected chi connectivity index (χ2v) is 10.0. The Bertz CT molecular complexity index is 1390. The molecule has 7 nitrogen and oxygen atoms in total. The van der Waals surface area contributed by atoms with Crippen molar-refractivity contribution < 1.29 is 22.7 Å². The maximum atomic E-state index is 13.2. The van der Waals surface area contributed by atoms with Crippen molar-refractivity contribution in [3.05, 3.63) is 120 Å². The summed E-state index contributed by atoms with van der Waals surface area (Å²) >= 11 is 0. The fourth-order valence-corrected chi connectivity index (χ4v) is 4.85. The number of carbonyl (C=O) groups excluding carboxylic acids is 1. The molecule has 0 aromatic heterocycles. The van der Waals surface area contributed by atoms with Crippen LogP contribution in [0.4, 0.5) is 5.69 Å². The Hall–Kier alpha value is -4.14. The zero-order valence-electron chi connectivity index (χ0n) is 20.3. The van der Waals surface area contributed by atoms with Crippen LogP contribution in [0.1, 0.15) is 11.1 Å². The predicted molar refractivity (Wildman–Crippen MR) is 143 cm³/mol. The van der Waals surface area contributed by atoms with Gasteiger partial charge >= 0.3 is 0 Å². The van der Waals surface area contributed by atoms with E-state index in [1.807, 2.05) is 60.7 Å². The van der Waals surface area contributed by atoms with Gasteiger partial charge in [-0.25, -0.2) is 8.42 Å². The molecule has 190 valence electrons. The van der Waals surface area contributed by atoms with Crippen molar-refractivity contribution >= 4 is 21.6 Å². The van der Waals surface area contributed by atoms with Gasteiger partial charge in [-0.1, -0.05) is 60.7 Å². The molecule has 0 spiro atoms. The van der Waals surface area contributed by atoms with Crippen LogP contribution in [0.3, 0.4) is 0 Å². The molecule has 0 bridgehead atoms. The summed E-state index contributed by atoms with van der Waals surface area (Å²) in [6.07, 6.45) is 0.181.